The molecule has 0 saturated carbocycles. The summed E-state index contributed by atoms with van der Waals surface area (Å²) in [7, 11) is 1.18. The fourth-order valence-electron chi connectivity index (χ4n) is 4.15. The van der Waals surface area contributed by atoms with Gasteiger partial charge >= 0.3 is 12.1 Å². The highest BCUT2D eigenvalue weighted by molar-refractivity contribution is 5.94. The van der Waals surface area contributed by atoms with Crippen LogP contribution in [-0.2, 0) is 46.4 Å². The van der Waals surface area contributed by atoms with Crippen molar-refractivity contribution >= 4 is 35.7 Å². The molecule has 0 fully saturated rings. The molecule has 0 aliphatic heterocycles. The van der Waals surface area contributed by atoms with Gasteiger partial charge in [0, 0.05) is 13.0 Å². The lowest BCUT2D eigenvalue weighted by Gasteiger charge is -2.27. The number of amides is 4. The number of alkyl carbamates (subject to hydrolysis) is 1. The summed E-state index contributed by atoms with van der Waals surface area (Å²) in [6.45, 7) is 4.86. The van der Waals surface area contributed by atoms with Crippen LogP contribution in [0, 0.1) is 0 Å². The van der Waals surface area contributed by atoms with Crippen LogP contribution in [0.25, 0.3) is 0 Å². The van der Waals surface area contributed by atoms with E-state index in [9.17, 15) is 24.0 Å². The Morgan fingerprint density at radius 3 is 1.96 bits per heavy atom. The Bertz CT molecular complexity index is 1360. The molecule has 0 bridgehead atoms. The third kappa shape index (κ3) is 15.9. The Balaban J connectivity index is 2.27. The van der Waals surface area contributed by atoms with Crippen molar-refractivity contribution in [3.63, 3.8) is 0 Å². The molecule has 2 aromatic rings. The van der Waals surface area contributed by atoms with Crippen LogP contribution in [0.2, 0.25) is 0 Å². The van der Waals surface area contributed by atoms with Crippen molar-refractivity contribution in [2.24, 2.45) is 16.5 Å². The van der Waals surface area contributed by atoms with E-state index in [0.29, 0.717) is 6.42 Å². The summed E-state index contributed by atoms with van der Waals surface area (Å²) in [5.41, 5.74) is 11.6. The van der Waals surface area contributed by atoms with Gasteiger partial charge in [0.2, 0.25) is 17.7 Å². The van der Waals surface area contributed by atoms with Crippen LogP contribution in [0.3, 0.4) is 0 Å². The molecule has 0 heterocycles. The SMILES string of the molecule is COC(=O)CNC(=O)[C@H](COC(C)(C)C)NC(=O)[C@H](Cc1ccccc1)NC(=O)[C@H](CCCN=C(N)N)NC(=O)OCc1ccccc1. The molecule has 4 amide bonds. The van der Waals surface area contributed by atoms with Gasteiger partial charge in [0.05, 0.1) is 19.3 Å². The third-order valence-electron chi connectivity index (χ3n) is 6.63. The first kappa shape index (κ1) is 39.0. The predicted octanol–water partition coefficient (Wildman–Crippen LogP) is 0.652. The van der Waals surface area contributed by atoms with Gasteiger partial charge in [0.25, 0.3) is 0 Å². The number of guanidine groups is 1. The van der Waals surface area contributed by atoms with Crippen LogP contribution in [-0.4, -0.2) is 86.3 Å². The van der Waals surface area contributed by atoms with Crippen molar-refractivity contribution in [3.8, 4) is 0 Å². The largest absolute Gasteiger partial charge is 0.468 e. The number of rotatable bonds is 18. The molecule has 0 radical (unpaired) electrons. The lowest BCUT2D eigenvalue weighted by atomic mass is 10.0. The summed E-state index contributed by atoms with van der Waals surface area (Å²) in [5, 5.41) is 10.3. The number of ether oxygens (including phenoxy) is 3. The van der Waals surface area contributed by atoms with Crippen LogP contribution in [0.4, 0.5) is 4.79 Å². The van der Waals surface area contributed by atoms with Crippen molar-refractivity contribution in [3.05, 3.63) is 71.8 Å². The predicted molar refractivity (Wildman–Crippen MR) is 178 cm³/mol. The molecule has 2 rings (SSSR count). The number of nitrogens with one attached hydrogen (secondary N) is 4. The molecule has 0 aromatic heterocycles. The Kier molecular flexibility index (Phi) is 16.4. The number of carbonyl (C=O) groups excluding carboxylic acids is 5. The average molecular weight is 670 g/mol. The van der Waals surface area contributed by atoms with Crippen LogP contribution >= 0.6 is 0 Å². The zero-order valence-corrected chi connectivity index (χ0v) is 27.8. The molecule has 0 saturated heterocycles. The van der Waals surface area contributed by atoms with Gasteiger partial charge in [-0.25, -0.2) is 4.79 Å². The summed E-state index contributed by atoms with van der Waals surface area (Å²) in [6.07, 6.45) is -0.363. The van der Waals surface area contributed by atoms with Gasteiger partial charge in [-0.3, -0.25) is 24.2 Å². The van der Waals surface area contributed by atoms with Gasteiger partial charge in [0.15, 0.2) is 5.96 Å². The summed E-state index contributed by atoms with van der Waals surface area (Å²) < 4.78 is 15.7. The van der Waals surface area contributed by atoms with E-state index in [2.05, 4.69) is 31.0 Å². The number of methoxy groups -OCH3 is 1. The topological polar surface area (TPSA) is 226 Å². The van der Waals surface area contributed by atoms with E-state index in [1.807, 2.05) is 6.07 Å². The average Bonchev–Trinajstić information content (AvgIpc) is 3.05. The summed E-state index contributed by atoms with van der Waals surface area (Å²) in [4.78, 5) is 68.7. The number of aliphatic imine (C=N–C) groups is 1. The van der Waals surface area contributed by atoms with E-state index in [0.717, 1.165) is 11.1 Å². The quantitative estimate of drug-likeness (QED) is 0.0562. The molecular weight excluding hydrogens is 622 g/mol. The van der Waals surface area contributed by atoms with Gasteiger partial charge in [-0.2, -0.15) is 0 Å². The fourth-order valence-corrected chi connectivity index (χ4v) is 4.15. The van der Waals surface area contributed by atoms with E-state index in [4.69, 9.17) is 20.9 Å². The number of hydrogen-bond acceptors (Lipinski definition) is 9. The molecule has 262 valence electrons. The molecule has 2 aromatic carbocycles. The number of benzene rings is 2. The maximum atomic E-state index is 13.7. The molecule has 0 aliphatic rings. The Labute approximate surface area is 280 Å². The second kappa shape index (κ2) is 20.1. The zero-order chi connectivity index (χ0) is 35.5. The number of nitrogens with zero attached hydrogens (tertiary/aromatic N) is 1. The fraction of sp³-hybridized carbons (Fsp3) is 0.455. The molecule has 0 aliphatic carbocycles. The second-order valence-corrected chi connectivity index (χ2v) is 11.7. The highest BCUT2D eigenvalue weighted by Crippen LogP contribution is 2.10. The Hall–Kier alpha value is -5.18. The van der Waals surface area contributed by atoms with E-state index in [1.54, 1.807) is 75.4 Å². The van der Waals surface area contributed by atoms with Crippen LogP contribution in [0.15, 0.2) is 65.7 Å². The smallest absolute Gasteiger partial charge is 0.408 e. The number of carbonyl (C=O) groups is 5. The highest BCUT2D eigenvalue weighted by atomic mass is 16.5. The summed E-state index contributed by atoms with van der Waals surface area (Å²) in [6, 6.07) is 14.4. The first-order valence-corrected chi connectivity index (χ1v) is 15.4. The Morgan fingerprint density at radius 2 is 1.38 bits per heavy atom. The molecule has 3 atom stereocenters. The number of hydrogen-bond donors (Lipinski definition) is 6. The summed E-state index contributed by atoms with van der Waals surface area (Å²) >= 11 is 0. The lowest BCUT2D eigenvalue weighted by Crippen LogP contribution is -2.58. The van der Waals surface area contributed by atoms with Crippen molar-refractivity contribution < 1.29 is 38.2 Å². The maximum Gasteiger partial charge on any atom is 0.408 e. The van der Waals surface area contributed by atoms with Crippen molar-refractivity contribution in [2.45, 2.75) is 70.4 Å². The Morgan fingerprint density at radius 1 is 0.792 bits per heavy atom. The molecule has 0 spiro atoms. The van der Waals surface area contributed by atoms with Crippen LogP contribution < -0.4 is 32.7 Å². The second-order valence-electron chi connectivity index (χ2n) is 11.7. The monoisotopic (exact) mass is 669 g/mol. The number of nitrogens with two attached hydrogens (primary N) is 2. The van der Waals surface area contributed by atoms with Gasteiger partial charge in [-0.05, 0) is 44.7 Å². The van der Waals surface area contributed by atoms with E-state index in [-0.39, 0.29) is 38.6 Å². The van der Waals surface area contributed by atoms with E-state index < -0.39 is 60.1 Å². The van der Waals surface area contributed by atoms with Crippen molar-refractivity contribution in [1.82, 2.24) is 21.3 Å². The van der Waals surface area contributed by atoms with Crippen LogP contribution in [0.1, 0.15) is 44.7 Å². The van der Waals surface area contributed by atoms with E-state index in [1.165, 1.54) is 7.11 Å². The minimum atomic E-state index is -1.22. The van der Waals surface area contributed by atoms with E-state index >= 15 is 0 Å². The lowest BCUT2D eigenvalue weighted by molar-refractivity contribution is -0.142. The molecule has 8 N–H and O–H groups in total. The highest BCUT2D eigenvalue weighted by Gasteiger charge is 2.31. The molecule has 15 nitrogen and oxygen atoms in total. The van der Waals surface area contributed by atoms with Gasteiger partial charge in [-0.15, -0.1) is 0 Å². The normalized spacial score (nSPS) is 12.8. The van der Waals surface area contributed by atoms with Gasteiger partial charge in [-0.1, -0.05) is 60.7 Å². The molecule has 15 heteroatoms. The van der Waals surface area contributed by atoms with Gasteiger partial charge < -0.3 is 46.9 Å². The number of esters is 1. The third-order valence-corrected chi connectivity index (χ3v) is 6.63. The van der Waals surface area contributed by atoms with Gasteiger partial charge in [0.1, 0.15) is 31.3 Å². The van der Waals surface area contributed by atoms with Crippen molar-refractivity contribution in [1.29, 1.82) is 0 Å². The minimum absolute atomic E-state index is 0.0237. The van der Waals surface area contributed by atoms with Crippen LogP contribution in [0.5, 0.6) is 0 Å². The maximum absolute atomic E-state index is 13.7. The standard InChI is InChI=1S/C33H47N7O8/c1-33(2,3)48-21-26(28(42)37-19-27(41)46-4)39-30(44)25(18-22-12-7-5-8-13-22)38-29(43)24(16-11-17-36-31(34)35)40-32(45)47-20-23-14-9-6-10-15-23/h5-10,12-15,24-26H,11,16-21H2,1-4H3,(H,37,42)(H,38,43)(H,39,44)(H,40,45)(H4,34,35,36)/t24-,25-,26-/m0/s1. The van der Waals surface area contributed by atoms with Crippen molar-refractivity contribution in [2.75, 3.05) is 26.8 Å². The molecule has 48 heavy (non-hydrogen) atoms. The first-order valence-electron chi connectivity index (χ1n) is 15.4. The summed E-state index contributed by atoms with van der Waals surface area (Å²) in [5.74, 6) is -2.87. The zero-order valence-electron chi connectivity index (χ0n) is 27.8. The minimum Gasteiger partial charge on any atom is -0.468 e. The first-order chi connectivity index (χ1) is 22.8. The molecule has 0 unspecified atom stereocenters. The molecular formula is C33H47N7O8.